The first-order chi connectivity index (χ1) is 15.0. The van der Waals surface area contributed by atoms with Gasteiger partial charge in [0, 0.05) is 21.1 Å². The Kier molecular flexibility index (Phi) is 4.93. The number of fused-ring (bicyclic) bond motifs is 2. The van der Waals surface area contributed by atoms with Gasteiger partial charge in [0.25, 0.3) is 0 Å². The van der Waals surface area contributed by atoms with E-state index in [2.05, 4.69) is 37.9 Å². The second kappa shape index (κ2) is 7.77. The molecular weight excluding hydrogens is 510 g/mol. The van der Waals surface area contributed by atoms with Gasteiger partial charge in [-0.3, -0.25) is 9.79 Å². The highest BCUT2D eigenvalue weighted by Crippen LogP contribution is 2.28. The molecule has 3 aromatic carbocycles. The smallest absolute Gasteiger partial charge is 0.323 e. The number of imidazole rings is 1. The number of anilines is 1. The number of halogens is 2. The summed E-state index contributed by atoms with van der Waals surface area (Å²) in [7, 11) is 0. The van der Waals surface area contributed by atoms with Crippen molar-refractivity contribution in [2.75, 3.05) is 5.32 Å². The van der Waals surface area contributed by atoms with Crippen molar-refractivity contribution in [2.45, 2.75) is 12.5 Å². The summed E-state index contributed by atoms with van der Waals surface area (Å²) >= 11 is 2.21. The van der Waals surface area contributed by atoms with Crippen LogP contribution in [0.25, 0.3) is 11.0 Å². The average molecular weight is 526 g/mol. The molecule has 0 saturated carbocycles. The number of nitrogens with one attached hydrogen (secondary N) is 3. The molecule has 1 aliphatic rings. The molecule has 6 nitrogen and oxygen atoms in total. The van der Waals surface area contributed by atoms with Gasteiger partial charge in [-0.15, -0.1) is 0 Å². The zero-order valence-corrected chi connectivity index (χ0v) is 18.2. The predicted molar refractivity (Wildman–Crippen MR) is 126 cm³/mol. The lowest BCUT2D eigenvalue weighted by atomic mass is 10.00. The molecule has 31 heavy (non-hydrogen) atoms. The zero-order chi connectivity index (χ0) is 21.5. The monoisotopic (exact) mass is 526 g/mol. The third kappa shape index (κ3) is 3.78. The standard InChI is InChI=1S/C23H16FIN4O2/c24-16-4-2-1-3-12(16)9-20-22(30)27-17-8-6-14(25)11-15(17)21(26-20)13-5-7-18-19(10-13)29-23(31)28-18/h1-8,10-11,20H,9H2,(H,27,30)(H2,28,29,31). The molecule has 1 aromatic heterocycles. The molecule has 8 heteroatoms. The number of hydrogen-bond acceptors (Lipinski definition) is 3. The summed E-state index contributed by atoms with van der Waals surface area (Å²) in [6.45, 7) is 0. The van der Waals surface area contributed by atoms with Gasteiger partial charge in [-0.05, 0) is 64.6 Å². The first-order valence-corrected chi connectivity index (χ1v) is 10.7. The van der Waals surface area contributed by atoms with Crippen molar-refractivity contribution < 1.29 is 9.18 Å². The van der Waals surface area contributed by atoms with Crippen LogP contribution in [-0.2, 0) is 11.2 Å². The Morgan fingerprint density at radius 1 is 0.968 bits per heavy atom. The predicted octanol–water partition coefficient (Wildman–Crippen LogP) is 4.00. The quantitative estimate of drug-likeness (QED) is 0.353. The van der Waals surface area contributed by atoms with Crippen LogP contribution in [0.1, 0.15) is 16.7 Å². The van der Waals surface area contributed by atoms with Crippen molar-refractivity contribution in [3.63, 3.8) is 0 Å². The Morgan fingerprint density at radius 3 is 2.61 bits per heavy atom. The Bertz CT molecular complexity index is 1420. The van der Waals surface area contributed by atoms with Gasteiger partial charge >= 0.3 is 5.69 Å². The van der Waals surface area contributed by atoms with E-state index in [1.807, 2.05) is 30.3 Å². The van der Waals surface area contributed by atoms with Crippen LogP contribution in [0.2, 0.25) is 0 Å². The van der Waals surface area contributed by atoms with E-state index in [9.17, 15) is 14.0 Å². The maximum atomic E-state index is 14.3. The van der Waals surface area contributed by atoms with Crippen molar-refractivity contribution in [1.29, 1.82) is 0 Å². The first kappa shape index (κ1) is 19.7. The fourth-order valence-electron chi connectivity index (χ4n) is 3.74. The van der Waals surface area contributed by atoms with E-state index in [0.717, 1.165) is 14.7 Å². The maximum Gasteiger partial charge on any atom is 0.323 e. The SMILES string of the molecule is O=C1Nc2ccc(I)cc2C(c2ccc3[nH]c(=O)[nH]c3c2)=NC1Cc1ccccc1F. The highest BCUT2D eigenvalue weighted by atomic mass is 127. The molecule has 4 aromatic rings. The van der Waals surface area contributed by atoms with Crippen molar-refractivity contribution in [3.8, 4) is 0 Å². The number of amides is 1. The molecule has 1 aliphatic heterocycles. The van der Waals surface area contributed by atoms with Gasteiger partial charge in [-0.1, -0.05) is 24.3 Å². The van der Waals surface area contributed by atoms with Gasteiger partial charge in [0.15, 0.2) is 0 Å². The molecular formula is C23H16FIN4O2. The highest BCUT2D eigenvalue weighted by molar-refractivity contribution is 14.1. The Labute approximate surface area is 189 Å². The van der Waals surface area contributed by atoms with E-state index in [4.69, 9.17) is 4.99 Å². The van der Waals surface area contributed by atoms with Crippen molar-refractivity contribution in [2.24, 2.45) is 4.99 Å². The van der Waals surface area contributed by atoms with Gasteiger partial charge in [-0.25, -0.2) is 9.18 Å². The highest BCUT2D eigenvalue weighted by Gasteiger charge is 2.27. The lowest BCUT2D eigenvalue weighted by Gasteiger charge is -2.12. The Morgan fingerprint density at radius 2 is 1.77 bits per heavy atom. The van der Waals surface area contributed by atoms with Crippen LogP contribution in [0.4, 0.5) is 10.1 Å². The summed E-state index contributed by atoms with van der Waals surface area (Å²) in [6, 6.07) is 16.8. The molecule has 154 valence electrons. The minimum atomic E-state index is -0.807. The van der Waals surface area contributed by atoms with Crippen LogP contribution < -0.4 is 11.0 Å². The normalized spacial score (nSPS) is 15.9. The molecule has 0 fully saturated rings. The van der Waals surface area contributed by atoms with Crippen LogP contribution in [0.15, 0.2) is 70.5 Å². The molecule has 0 aliphatic carbocycles. The fraction of sp³-hybridized carbons (Fsp3) is 0.0870. The molecule has 2 heterocycles. The average Bonchev–Trinajstić information content (AvgIpc) is 3.06. The number of hydrogen-bond donors (Lipinski definition) is 3. The summed E-state index contributed by atoms with van der Waals surface area (Å²) < 4.78 is 15.3. The van der Waals surface area contributed by atoms with Crippen molar-refractivity contribution >= 4 is 50.9 Å². The number of aromatic amines is 2. The van der Waals surface area contributed by atoms with Crippen LogP contribution >= 0.6 is 22.6 Å². The molecule has 0 spiro atoms. The van der Waals surface area contributed by atoms with E-state index in [1.54, 1.807) is 24.3 Å². The maximum absolute atomic E-state index is 14.3. The molecule has 1 atom stereocenters. The molecule has 3 N–H and O–H groups in total. The molecule has 0 saturated heterocycles. The van der Waals surface area contributed by atoms with Crippen molar-refractivity contribution in [3.05, 3.63) is 97.2 Å². The number of rotatable bonds is 3. The summed E-state index contributed by atoms with van der Waals surface area (Å²) in [5.41, 5.74) is 4.24. The lowest BCUT2D eigenvalue weighted by Crippen LogP contribution is -2.28. The number of carbonyl (C=O) groups is 1. The van der Waals surface area contributed by atoms with Gasteiger partial charge in [0.2, 0.25) is 5.91 Å². The minimum absolute atomic E-state index is 0.135. The first-order valence-electron chi connectivity index (χ1n) is 9.62. The summed E-state index contributed by atoms with van der Waals surface area (Å²) in [5.74, 6) is -0.661. The minimum Gasteiger partial charge on any atom is -0.324 e. The lowest BCUT2D eigenvalue weighted by molar-refractivity contribution is -0.117. The molecule has 1 amide bonds. The number of benzodiazepines with no additional fused rings is 1. The van der Waals surface area contributed by atoms with Crippen LogP contribution in [0, 0.1) is 9.39 Å². The number of H-pyrrole nitrogens is 2. The molecule has 1 unspecified atom stereocenters. The Hall–Kier alpha value is -3.27. The summed E-state index contributed by atoms with van der Waals surface area (Å²) in [5, 5.41) is 2.94. The molecule has 0 bridgehead atoms. The van der Waals surface area contributed by atoms with E-state index in [0.29, 0.717) is 28.0 Å². The number of benzene rings is 3. The van der Waals surface area contributed by atoms with Gasteiger partial charge < -0.3 is 15.3 Å². The second-order valence-electron chi connectivity index (χ2n) is 7.31. The molecule has 0 radical (unpaired) electrons. The van der Waals surface area contributed by atoms with E-state index >= 15 is 0 Å². The number of nitrogens with zero attached hydrogens (tertiary/aromatic N) is 1. The summed E-state index contributed by atoms with van der Waals surface area (Å²) in [4.78, 5) is 34.9. The van der Waals surface area contributed by atoms with Gasteiger partial charge in [0.1, 0.15) is 11.9 Å². The largest absolute Gasteiger partial charge is 0.324 e. The second-order valence-corrected chi connectivity index (χ2v) is 8.55. The van der Waals surface area contributed by atoms with Crippen molar-refractivity contribution in [1.82, 2.24) is 9.97 Å². The van der Waals surface area contributed by atoms with Crippen LogP contribution in [0.3, 0.4) is 0 Å². The Balaban J connectivity index is 1.67. The molecule has 5 rings (SSSR count). The van der Waals surface area contributed by atoms with E-state index < -0.39 is 6.04 Å². The number of carbonyl (C=O) groups excluding carboxylic acids is 1. The summed E-state index contributed by atoms with van der Waals surface area (Å²) in [6.07, 6.45) is 0.135. The van der Waals surface area contributed by atoms with Gasteiger partial charge in [0.05, 0.1) is 22.4 Å². The zero-order valence-electron chi connectivity index (χ0n) is 16.1. The van der Waals surface area contributed by atoms with Crippen LogP contribution in [0.5, 0.6) is 0 Å². The topological polar surface area (TPSA) is 90.1 Å². The third-order valence-electron chi connectivity index (χ3n) is 5.24. The fourth-order valence-corrected chi connectivity index (χ4v) is 4.23. The van der Waals surface area contributed by atoms with E-state index in [1.165, 1.54) is 6.07 Å². The number of aromatic nitrogens is 2. The van der Waals surface area contributed by atoms with E-state index in [-0.39, 0.29) is 23.8 Å². The third-order valence-corrected chi connectivity index (χ3v) is 5.91. The number of aliphatic imine (C=N–C) groups is 1. The van der Waals surface area contributed by atoms with Crippen LogP contribution in [-0.4, -0.2) is 27.6 Å². The van der Waals surface area contributed by atoms with Gasteiger partial charge in [-0.2, -0.15) is 0 Å².